The molecule has 172 valence electrons. The van der Waals surface area contributed by atoms with Gasteiger partial charge in [-0.3, -0.25) is 9.69 Å². The van der Waals surface area contributed by atoms with Gasteiger partial charge >= 0.3 is 11.9 Å². The molecule has 1 amide bonds. The molecule has 1 fully saturated rings. The third-order valence-electron chi connectivity index (χ3n) is 4.48. The van der Waals surface area contributed by atoms with Crippen molar-refractivity contribution < 1.29 is 33.7 Å². The highest BCUT2D eigenvalue weighted by molar-refractivity contribution is 8.18. The number of thioether (sulfide) groups is 1. The molecular weight excluding hydrogens is 448 g/mol. The molecule has 2 aromatic rings. The first-order chi connectivity index (χ1) is 15.8. The molecule has 10 heteroatoms. The molecule has 3 rings (SSSR count). The van der Waals surface area contributed by atoms with Crippen LogP contribution in [0.5, 0.6) is 11.5 Å². The van der Waals surface area contributed by atoms with Crippen molar-refractivity contribution in [2.24, 2.45) is 4.99 Å². The quantitative estimate of drug-likeness (QED) is 0.460. The lowest BCUT2D eigenvalue weighted by atomic mass is 10.2. The fourth-order valence-electron chi connectivity index (χ4n) is 2.79. The first-order valence-corrected chi connectivity index (χ1v) is 10.7. The summed E-state index contributed by atoms with van der Waals surface area (Å²) in [4.78, 5) is 41.4. The Balaban J connectivity index is 1.82. The SMILES string of the molecule is CCOc1cc(/C=C2\SC(=Nc3ccc(C(=O)O)cc3)N(C)C2=O)ccc1OCC(=O)OC. The standard InChI is InChI=1S/C23H22N2O7S/c1-4-31-18-11-14(5-10-17(18)32-13-20(26)30-3)12-19-21(27)25(2)23(33-19)24-16-8-6-15(7-9-16)22(28)29/h5-12H,4,13H2,1-3H3,(H,28,29)/b19-12-,24-23?. The Morgan fingerprint density at radius 1 is 1.12 bits per heavy atom. The van der Waals surface area contributed by atoms with Crippen molar-refractivity contribution in [1.29, 1.82) is 0 Å². The number of aliphatic imine (C=N–C) groups is 1. The Hall–Kier alpha value is -3.79. The maximum atomic E-state index is 12.7. The van der Waals surface area contributed by atoms with E-state index >= 15 is 0 Å². The molecule has 0 unspecified atom stereocenters. The summed E-state index contributed by atoms with van der Waals surface area (Å²) in [5, 5.41) is 9.48. The number of benzene rings is 2. The average Bonchev–Trinajstić information content (AvgIpc) is 3.06. The third kappa shape index (κ3) is 5.92. The Morgan fingerprint density at radius 2 is 1.85 bits per heavy atom. The van der Waals surface area contributed by atoms with Crippen LogP contribution in [-0.2, 0) is 14.3 Å². The number of esters is 1. The van der Waals surface area contributed by atoms with E-state index in [1.54, 1.807) is 43.5 Å². The molecule has 1 aliphatic heterocycles. The van der Waals surface area contributed by atoms with Gasteiger partial charge in [-0.05, 0) is 66.7 Å². The molecule has 1 saturated heterocycles. The second-order valence-electron chi connectivity index (χ2n) is 6.73. The molecule has 9 nitrogen and oxygen atoms in total. The zero-order valence-electron chi connectivity index (χ0n) is 18.2. The van der Waals surface area contributed by atoms with E-state index in [1.165, 1.54) is 35.9 Å². The van der Waals surface area contributed by atoms with Crippen molar-refractivity contribution >= 4 is 46.5 Å². The Kier molecular flexibility index (Phi) is 7.73. The van der Waals surface area contributed by atoms with Crippen LogP contribution in [0.3, 0.4) is 0 Å². The molecule has 1 N–H and O–H groups in total. The summed E-state index contributed by atoms with van der Waals surface area (Å²) in [6.45, 7) is 1.97. The van der Waals surface area contributed by atoms with Crippen LogP contribution in [0.2, 0.25) is 0 Å². The number of carboxylic acid groups (broad SMARTS) is 1. The van der Waals surface area contributed by atoms with Gasteiger partial charge in [-0.2, -0.15) is 0 Å². The van der Waals surface area contributed by atoms with Crippen molar-refractivity contribution in [1.82, 2.24) is 4.90 Å². The lowest BCUT2D eigenvalue weighted by Crippen LogP contribution is -2.23. The number of carbonyl (C=O) groups excluding carboxylic acids is 2. The molecule has 0 saturated carbocycles. The maximum Gasteiger partial charge on any atom is 0.343 e. The molecule has 0 radical (unpaired) electrons. The number of hydrogen-bond acceptors (Lipinski definition) is 8. The van der Waals surface area contributed by atoms with Crippen molar-refractivity contribution in [3.05, 3.63) is 58.5 Å². The predicted octanol–water partition coefficient (Wildman–Crippen LogP) is 3.57. The predicted molar refractivity (Wildman–Crippen MR) is 124 cm³/mol. The maximum absolute atomic E-state index is 12.7. The van der Waals surface area contributed by atoms with E-state index in [0.717, 1.165) is 0 Å². The lowest BCUT2D eigenvalue weighted by Gasteiger charge is -2.12. The van der Waals surface area contributed by atoms with Gasteiger partial charge in [0.05, 0.1) is 29.9 Å². The number of carbonyl (C=O) groups is 3. The van der Waals surface area contributed by atoms with Gasteiger partial charge in [0.25, 0.3) is 5.91 Å². The molecule has 0 bridgehead atoms. The average molecular weight is 471 g/mol. The molecule has 0 atom stereocenters. The van der Waals surface area contributed by atoms with Gasteiger partial charge in [-0.15, -0.1) is 0 Å². The van der Waals surface area contributed by atoms with Gasteiger partial charge in [0.2, 0.25) is 0 Å². The fourth-order valence-corrected chi connectivity index (χ4v) is 3.78. The van der Waals surface area contributed by atoms with Crippen LogP contribution in [-0.4, -0.2) is 60.4 Å². The van der Waals surface area contributed by atoms with E-state index in [2.05, 4.69) is 9.73 Å². The summed E-state index contributed by atoms with van der Waals surface area (Å²) in [6.07, 6.45) is 1.71. The van der Waals surface area contributed by atoms with Gasteiger partial charge in [0.15, 0.2) is 23.3 Å². The largest absolute Gasteiger partial charge is 0.490 e. The Labute approximate surface area is 194 Å². The normalized spacial score (nSPS) is 15.7. The van der Waals surface area contributed by atoms with E-state index in [4.69, 9.17) is 14.6 Å². The first kappa shape index (κ1) is 23.9. The van der Waals surface area contributed by atoms with E-state index in [0.29, 0.717) is 39.4 Å². The van der Waals surface area contributed by atoms with E-state index in [-0.39, 0.29) is 18.1 Å². The molecule has 0 aromatic heterocycles. The number of hydrogen-bond donors (Lipinski definition) is 1. The molecular formula is C23H22N2O7S. The van der Waals surface area contributed by atoms with Crippen LogP contribution in [0.4, 0.5) is 5.69 Å². The number of methoxy groups -OCH3 is 1. The minimum Gasteiger partial charge on any atom is -0.490 e. The second-order valence-corrected chi connectivity index (χ2v) is 7.73. The Bertz CT molecular complexity index is 1130. The number of amidine groups is 1. The summed E-state index contributed by atoms with van der Waals surface area (Å²) in [6, 6.07) is 11.2. The van der Waals surface area contributed by atoms with E-state index in [1.807, 2.05) is 6.92 Å². The highest BCUT2D eigenvalue weighted by Crippen LogP contribution is 2.35. The van der Waals surface area contributed by atoms with Crippen LogP contribution in [0.25, 0.3) is 6.08 Å². The topological polar surface area (TPSA) is 115 Å². The number of ether oxygens (including phenoxy) is 3. The van der Waals surface area contributed by atoms with Gasteiger partial charge < -0.3 is 19.3 Å². The van der Waals surface area contributed by atoms with Crippen molar-refractivity contribution in [3.63, 3.8) is 0 Å². The van der Waals surface area contributed by atoms with E-state index < -0.39 is 11.9 Å². The molecule has 33 heavy (non-hydrogen) atoms. The lowest BCUT2D eigenvalue weighted by molar-refractivity contribution is -0.142. The molecule has 1 aliphatic rings. The highest BCUT2D eigenvalue weighted by atomic mass is 32.2. The Morgan fingerprint density at radius 3 is 2.48 bits per heavy atom. The van der Waals surface area contributed by atoms with Crippen molar-refractivity contribution in [2.45, 2.75) is 6.92 Å². The molecule has 1 heterocycles. The number of carboxylic acids is 1. The second kappa shape index (κ2) is 10.7. The molecule has 0 aliphatic carbocycles. The van der Waals surface area contributed by atoms with Crippen molar-refractivity contribution in [3.8, 4) is 11.5 Å². The van der Waals surface area contributed by atoms with Gasteiger partial charge in [-0.1, -0.05) is 6.07 Å². The van der Waals surface area contributed by atoms with Crippen molar-refractivity contribution in [2.75, 3.05) is 27.4 Å². The first-order valence-electron chi connectivity index (χ1n) is 9.88. The summed E-state index contributed by atoms with van der Waals surface area (Å²) < 4.78 is 15.6. The number of rotatable bonds is 8. The van der Waals surface area contributed by atoms with Gasteiger partial charge in [0, 0.05) is 7.05 Å². The fraction of sp³-hybridized carbons (Fsp3) is 0.217. The zero-order valence-corrected chi connectivity index (χ0v) is 19.0. The number of likely N-dealkylation sites (N-methyl/N-ethyl adjacent to an activating group) is 1. The van der Waals surface area contributed by atoms with Gasteiger partial charge in [-0.25, -0.2) is 14.6 Å². The smallest absolute Gasteiger partial charge is 0.343 e. The minimum absolute atomic E-state index is 0.159. The molecule has 2 aromatic carbocycles. The summed E-state index contributed by atoms with van der Waals surface area (Å²) in [5.41, 5.74) is 1.40. The number of amides is 1. The van der Waals surface area contributed by atoms with Crippen LogP contribution >= 0.6 is 11.8 Å². The van der Waals surface area contributed by atoms with Crippen LogP contribution in [0.15, 0.2) is 52.4 Å². The summed E-state index contributed by atoms with van der Waals surface area (Å²) >= 11 is 1.21. The number of aromatic carboxylic acids is 1. The zero-order chi connectivity index (χ0) is 24.0. The van der Waals surface area contributed by atoms with E-state index in [9.17, 15) is 14.4 Å². The monoisotopic (exact) mass is 470 g/mol. The highest BCUT2D eigenvalue weighted by Gasteiger charge is 2.30. The third-order valence-corrected chi connectivity index (χ3v) is 5.54. The van der Waals surface area contributed by atoms with Crippen LogP contribution in [0.1, 0.15) is 22.8 Å². The summed E-state index contributed by atoms with van der Waals surface area (Å²) in [5.74, 6) is -0.921. The summed E-state index contributed by atoms with van der Waals surface area (Å²) in [7, 11) is 2.90. The van der Waals surface area contributed by atoms with Crippen LogP contribution < -0.4 is 9.47 Å². The number of nitrogens with zero attached hydrogens (tertiary/aromatic N) is 2. The minimum atomic E-state index is -1.02. The van der Waals surface area contributed by atoms with Crippen LogP contribution in [0, 0.1) is 0 Å². The molecule has 0 spiro atoms. The van der Waals surface area contributed by atoms with Gasteiger partial charge in [0.1, 0.15) is 0 Å².